The Labute approximate surface area is 107 Å². The molecule has 0 bridgehead atoms. The van der Waals surface area contributed by atoms with Gasteiger partial charge in [0.25, 0.3) is 0 Å². The highest BCUT2D eigenvalue weighted by Gasteiger charge is 2.27. The third kappa shape index (κ3) is 5.84. The molecule has 0 saturated carbocycles. The highest BCUT2D eigenvalue weighted by molar-refractivity contribution is 4.77. The maximum Gasteiger partial charge on any atom is 0.0613 e. The van der Waals surface area contributed by atoms with Gasteiger partial charge in [-0.15, -0.1) is 0 Å². The highest BCUT2D eigenvalue weighted by Crippen LogP contribution is 2.23. The minimum absolute atomic E-state index is 0.501. The lowest BCUT2D eigenvalue weighted by Gasteiger charge is -2.24. The van der Waals surface area contributed by atoms with Crippen LogP contribution in [-0.2, 0) is 4.74 Å². The van der Waals surface area contributed by atoms with Crippen LogP contribution in [-0.4, -0.2) is 50.8 Å². The molecule has 1 rings (SSSR count). The number of ether oxygens (including phenoxy) is 1. The SMILES string of the molecule is CCC1OCCC1CN(C)CCNCC(C)C. The van der Waals surface area contributed by atoms with Gasteiger partial charge < -0.3 is 15.0 Å². The van der Waals surface area contributed by atoms with Gasteiger partial charge in [-0.2, -0.15) is 0 Å². The Morgan fingerprint density at radius 1 is 1.41 bits per heavy atom. The quantitative estimate of drug-likeness (QED) is 0.659. The molecule has 0 amide bonds. The molecule has 1 aliphatic heterocycles. The van der Waals surface area contributed by atoms with Crippen molar-refractivity contribution in [1.29, 1.82) is 0 Å². The van der Waals surface area contributed by atoms with E-state index in [0.717, 1.165) is 44.5 Å². The molecule has 3 heteroatoms. The van der Waals surface area contributed by atoms with E-state index in [2.05, 4.69) is 38.0 Å². The van der Waals surface area contributed by atoms with Crippen molar-refractivity contribution < 1.29 is 4.74 Å². The maximum absolute atomic E-state index is 5.73. The van der Waals surface area contributed by atoms with Gasteiger partial charge in [-0.3, -0.25) is 0 Å². The highest BCUT2D eigenvalue weighted by atomic mass is 16.5. The number of rotatable bonds is 8. The number of nitrogens with one attached hydrogen (secondary N) is 1. The van der Waals surface area contributed by atoms with E-state index < -0.39 is 0 Å². The summed E-state index contributed by atoms with van der Waals surface area (Å²) >= 11 is 0. The van der Waals surface area contributed by atoms with Crippen LogP contribution in [0.3, 0.4) is 0 Å². The van der Waals surface area contributed by atoms with Crippen LogP contribution in [0.5, 0.6) is 0 Å². The Balaban J connectivity index is 2.09. The van der Waals surface area contributed by atoms with Crippen LogP contribution in [0.25, 0.3) is 0 Å². The van der Waals surface area contributed by atoms with E-state index in [-0.39, 0.29) is 0 Å². The predicted octanol–water partition coefficient (Wildman–Crippen LogP) is 1.98. The van der Waals surface area contributed by atoms with Gasteiger partial charge in [0.2, 0.25) is 0 Å². The van der Waals surface area contributed by atoms with E-state index in [9.17, 15) is 0 Å². The second-order valence-corrected chi connectivity index (χ2v) is 5.73. The van der Waals surface area contributed by atoms with Crippen molar-refractivity contribution in [2.75, 3.05) is 39.8 Å². The second-order valence-electron chi connectivity index (χ2n) is 5.73. The summed E-state index contributed by atoms with van der Waals surface area (Å²) < 4.78 is 5.73. The van der Waals surface area contributed by atoms with Crippen LogP contribution in [0.1, 0.15) is 33.6 Å². The van der Waals surface area contributed by atoms with Gasteiger partial charge in [-0.05, 0) is 38.3 Å². The average Bonchev–Trinajstić information content (AvgIpc) is 2.71. The predicted molar refractivity (Wildman–Crippen MR) is 73.3 cm³/mol. The van der Waals surface area contributed by atoms with Crippen molar-refractivity contribution in [3.8, 4) is 0 Å². The number of hydrogen-bond donors (Lipinski definition) is 1. The molecule has 0 radical (unpaired) electrons. The molecule has 0 aromatic rings. The van der Waals surface area contributed by atoms with Crippen molar-refractivity contribution in [3.63, 3.8) is 0 Å². The van der Waals surface area contributed by atoms with Crippen LogP contribution < -0.4 is 5.32 Å². The summed E-state index contributed by atoms with van der Waals surface area (Å²) in [6.45, 7) is 12.2. The topological polar surface area (TPSA) is 24.5 Å². The Bertz CT molecular complexity index is 197. The van der Waals surface area contributed by atoms with Crippen molar-refractivity contribution >= 4 is 0 Å². The Morgan fingerprint density at radius 2 is 2.18 bits per heavy atom. The van der Waals surface area contributed by atoms with Crippen molar-refractivity contribution in [2.45, 2.75) is 39.7 Å². The fourth-order valence-corrected chi connectivity index (χ4v) is 2.51. The van der Waals surface area contributed by atoms with E-state index >= 15 is 0 Å². The molecule has 1 aliphatic rings. The molecule has 2 atom stereocenters. The van der Waals surface area contributed by atoms with Crippen LogP contribution in [0.2, 0.25) is 0 Å². The fraction of sp³-hybridized carbons (Fsp3) is 1.00. The third-order valence-electron chi connectivity index (χ3n) is 3.52. The van der Waals surface area contributed by atoms with Crippen LogP contribution >= 0.6 is 0 Å². The molecule has 102 valence electrons. The van der Waals surface area contributed by atoms with Crippen LogP contribution in [0.15, 0.2) is 0 Å². The number of hydrogen-bond acceptors (Lipinski definition) is 3. The van der Waals surface area contributed by atoms with Crippen LogP contribution in [0, 0.1) is 11.8 Å². The zero-order valence-electron chi connectivity index (χ0n) is 12.0. The van der Waals surface area contributed by atoms with Crippen LogP contribution in [0.4, 0.5) is 0 Å². The maximum atomic E-state index is 5.73. The van der Waals surface area contributed by atoms with E-state index in [0.29, 0.717) is 6.10 Å². The zero-order valence-corrected chi connectivity index (χ0v) is 12.0. The smallest absolute Gasteiger partial charge is 0.0613 e. The Morgan fingerprint density at radius 3 is 2.82 bits per heavy atom. The average molecular weight is 242 g/mol. The summed E-state index contributed by atoms with van der Waals surface area (Å²) in [5.41, 5.74) is 0. The fourth-order valence-electron chi connectivity index (χ4n) is 2.51. The summed E-state index contributed by atoms with van der Waals surface area (Å²) in [5, 5.41) is 3.49. The normalized spacial score (nSPS) is 25.1. The largest absolute Gasteiger partial charge is 0.378 e. The number of nitrogens with zero attached hydrogens (tertiary/aromatic N) is 1. The second kappa shape index (κ2) is 8.06. The first-order valence-electron chi connectivity index (χ1n) is 7.14. The minimum atomic E-state index is 0.501. The van der Waals surface area contributed by atoms with E-state index in [1.165, 1.54) is 13.0 Å². The first-order valence-corrected chi connectivity index (χ1v) is 7.14. The monoisotopic (exact) mass is 242 g/mol. The van der Waals surface area contributed by atoms with Gasteiger partial charge >= 0.3 is 0 Å². The lowest BCUT2D eigenvalue weighted by molar-refractivity contribution is 0.0785. The molecular formula is C14H30N2O. The first kappa shape index (κ1) is 14.9. The lowest BCUT2D eigenvalue weighted by Crippen LogP contribution is -2.35. The molecule has 2 unspecified atom stereocenters. The molecule has 0 aliphatic carbocycles. The van der Waals surface area contributed by atoms with E-state index in [1.54, 1.807) is 0 Å². The Hall–Kier alpha value is -0.120. The third-order valence-corrected chi connectivity index (χ3v) is 3.52. The molecule has 1 saturated heterocycles. The molecular weight excluding hydrogens is 212 g/mol. The molecule has 0 spiro atoms. The minimum Gasteiger partial charge on any atom is -0.378 e. The van der Waals surface area contributed by atoms with Gasteiger partial charge in [-0.25, -0.2) is 0 Å². The van der Waals surface area contributed by atoms with Gasteiger partial charge in [-0.1, -0.05) is 20.8 Å². The molecule has 1 N–H and O–H groups in total. The summed E-state index contributed by atoms with van der Waals surface area (Å²) in [5.74, 6) is 1.49. The summed E-state index contributed by atoms with van der Waals surface area (Å²) in [6, 6.07) is 0. The molecule has 0 aromatic carbocycles. The van der Waals surface area contributed by atoms with Crippen molar-refractivity contribution in [2.24, 2.45) is 11.8 Å². The van der Waals surface area contributed by atoms with Gasteiger partial charge in [0.05, 0.1) is 6.10 Å². The summed E-state index contributed by atoms with van der Waals surface area (Å²) in [6.07, 6.45) is 2.90. The molecule has 0 aromatic heterocycles. The molecule has 3 nitrogen and oxygen atoms in total. The van der Waals surface area contributed by atoms with E-state index in [4.69, 9.17) is 4.74 Å². The van der Waals surface area contributed by atoms with Crippen molar-refractivity contribution in [1.82, 2.24) is 10.2 Å². The molecule has 17 heavy (non-hydrogen) atoms. The van der Waals surface area contributed by atoms with Gasteiger partial charge in [0, 0.05) is 26.2 Å². The van der Waals surface area contributed by atoms with E-state index in [1.807, 2.05) is 0 Å². The zero-order chi connectivity index (χ0) is 12.7. The lowest BCUT2D eigenvalue weighted by atomic mass is 9.99. The molecule has 1 heterocycles. The van der Waals surface area contributed by atoms with Gasteiger partial charge in [0.1, 0.15) is 0 Å². The first-order chi connectivity index (χ1) is 8.13. The summed E-state index contributed by atoms with van der Waals surface area (Å²) in [4.78, 5) is 2.44. The molecule has 1 fully saturated rings. The summed E-state index contributed by atoms with van der Waals surface area (Å²) in [7, 11) is 2.22. The standard InChI is InChI=1S/C14H30N2O/c1-5-14-13(6-9-17-14)11-16(4)8-7-15-10-12(2)3/h12-15H,5-11H2,1-4H3. The van der Waals surface area contributed by atoms with Crippen molar-refractivity contribution in [3.05, 3.63) is 0 Å². The Kier molecular flexibility index (Phi) is 7.09. The van der Waals surface area contributed by atoms with Gasteiger partial charge in [0.15, 0.2) is 0 Å². The number of likely N-dealkylation sites (N-methyl/N-ethyl adjacent to an activating group) is 1.